The summed E-state index contributed by atoms with van der Waals surface area (Å²) in [4.78, 5) is 10.4. The third-order valence-corrected chi connectivity index (χ3v) is 3.80. The van der Waals surface area contributed by atoms with Crippen LogP contribution in [-0.2, 0) is 7.05 Å². The fourth-order valence-electron chi connectivity index (χ4n) is 2.46. The number of rotatable bonds is 4. The average molecular weight is 268 g/mol. The van der Waals surface area contributed by atoms with E-state index in [1.54, 1.807) is 7.05 Å². The first-order chi connectivity index (χ1) is 8.89. The number of nitrogens with one attached hydrogen (secondary N) is 1. The van der Waals surface area contributed by atoms with Crippen molar-refractivity contribution in [2.45, 2.75) is 38.2 Å². The molecule has 0 saturated heterocycles. The topological polar surface area (TPSA) is 93.2 Å². The Morgan fingerprint density at radius 1 is 1.63 bits per heavy atom. The van der Waals surface area contributed by atoms with Gasteiger partial charge in [-0.3, -0.25) is 14.8 Å². The molecular weight excluding hydrogens is 248 g/mol. The van der Waals surface area contributed by atoms with Gasteiger partial charge in [-0.05, 0) is 31.6 Å². The van der Waals surface area contributed by atoms with Crippen LogP contribution in [0.3, 0.4) is 0 Å². The van der Waals surface area contributed by atoms with Crippen molar-refractivity contribution >= 4 is 11.5 Å². The zero-order chi connectivity index (χ0) is 14.0. The van der Waals surface area contributed by atoms with Crippen molar-refractivity contribution in [3.05, 3.63) is 16.3 Å². The fourth-order valence-corrected chi connectivity index (χ4v) is 2.46. The highest BCUT2D eigenvalue weighted by molar-refractivity contribution is 5.54. The molecule has 106 valence electrons. The Balaban J connectivity index is 2.00. The van der Waals surface area contributed by atoms with Gasteiger partial charge in [0.1, 0.15) is 6.20 Å². The molecule has 0 unspecified atom stereocenters. The first kappa shape index (κ1) is 13.8. The van der Waals surface area contributed by atoms with Gasteiger partial charge in [0.2, 0.25) is 5.82 Å². The predicted octanol–water partition coefficient (Wildman–Crippen LogP) is 1.68. The molecule has 1 aliphatic carbocycles. The SMILES string of the molecule is CC1CCC(O)(CNc2nn(C)cc2[N+](=O)[O-])CC1. The Bertz CT molecular complexity index is 464. The number of hydrogen-bond acceptors (Lipinski definition) is 5. The lowest BCUT2D eigenvalue weighted by Gasteiger charge is -2.34. The van der Waals surface area contributed by atoms with Crippen molar-refractivity contribution in [3.8, 4) is 0 Å². The number of nitro groups is 1. The zero-order valence-electron chi connectivity index (χ0n) is 11.3. The molecule has 1 aromatic heterocycles. The molecule has 1 fully saturated rings. The summed E-state index contributed by atoms with van der Waals surface area (Å²) in [6, 6.07) is 0. The van der Waals surface area contributed by atoms with Gasteiger partial charge < -0.3 is 10.4 Å². The monoisotopic (exact) mass is 268 g/mol. The number of aryl methyl sites for hydroxylation is 1. The molecule has 2 N–H and O–H groups in total. The van der Waals surface area contributed by atoms with E-state index in [4.69, 9.17) is 0 Å². The largest absolute Gasteiger partial charge is 0.388 e. The van der Waals surface area contributed by atoms with Crippen LogP contribution in [0.15, 0.2) is 6.20 Å². The molecule has 19 heavy (non-hydrogen) atoms. The zero-order valence-corrected chi connectivity index (χ0v) is 11.3. The minimum absolute atomic E-state index is 0.0599. The summed E-state index contributed by atoms with van der Waals surface area (Å²) < 4.78 is 1.40. The second-order valence-electron chi connectivity index (χ2n) is 5.55. The molecule has 1 saturated carbocycles. The van der Waals surface area contributed by atoms with Crippen LogP contribution in [-0.4, -0.2) is 32.0 Å². The van der Waals surface area contributed by atoms with Crippen molar-refractivity contribution in [1.82, 2.24) is 9.78 Å². The molecule has 1 aliphatic rings. The minimum Gasteiger partial charge on any atom is -0.388 e. The predicted molar refractivity (Wildman–Crippen MR) is 70.9 cm³/mol. The van der Waals surface area contributed by atoms with Gasteiger partial charge in [0.05, 0.1) is 10.5 Å². The van der Waals surface area contributed by atoms with Crippen molar-refractivity contribution in [1.29, 1.82) is 0 Å². The summed E-state index contributed by atoms with van der Waals surface area (Å²) in [5.41, 5.74) is -0.840. The maximum Gasteiger partial charge on any atom is 0.330 e. The van der Waals surface area contributed by atoms with Crippen LogP contribution < -0.4 is 5.32 Å². The van der Waals surface area contributed by atoms with Gasteiger partial charge in [-0.15, -0.1) is 5.10 Å². The quantitative estimate of drug-likeness (QED) is 0.640. The number of anilines is 1. The lowest BCUT2D eigenvalue weighted by atomic mass is 9.79. The van der Waals surface area contributed by atoms with E-state index in [9.17, 15) is 15.2 Å². The summed E-state index contributed by atoms with van der Waals surface area (Å²) in [6.45, 7) is 2.48. The van der Waals surface area contributed by atoms with E-state index >= 15 is 0 Å². The van der Waals surface area contributed by atoms with E-state index in [1.807, 2.05) is 0 Å². The Labute approximate surface area is 111 Å². The molecule has 0 atom stereocenters. The van der Waals surface area contributed by atoms with Gasteiger partial charge in [0.25, 0.3) is 0 Å². The van der Waals surface area contributed by atoms with Crippen LogP contribution in [0.1, 0.15) is 32.6 Å². The first-order valence-corrected chi connectivity index (χ1v) is 6.54. The van der Waals surface area contributed by atoms with Crippen LogP contribution in [0, 0.1) is 16.0 Å². The van der Waals surface area contributed by atoms with Gasteiger partial charge in [-0.1, -0.05) is 6.92 Å². The maximum atomic E-state index is 10.9. The molecule has 1 aromatic rings. The highest BCUT2D eigenvalue weighted by atomic mass is 16.6. The van der Waals surface area contributed by atoms with Crippen molar-refractivity contribution in [3.63, 3.8) is 0 Å². The molecule has 0 spiro atoms. The van der Waals surface area contributed by atoms with Crippen LogP contribution in [0.5, 0.6) is 0 Å². The highest BCUT2D eigenvalue weighted by Gasteiger charge is 2.32. The molecule has 2 rings (SSSR count). The Kier molecular flexibility index (Phi) is 3.75. The van der Waals surface area contributed by atoms with E-state index in [2.05, 4.69) is 17.3 Å². The first-order valence-electron chi connectivity index (χ1n) is 6.54. The number of aromatic nitrogens is 2. The summed E-state index contributed by atoms with van der Waals surface area (Å²) in [7, 11) is 1.63. The van der Waals surface area contributed by atoms with E-state index in [0.717, 1.165) is 25.7 Å². The molecule has 1 heterocycles. The van der Waals surface area contributed by atoms with Crippen LogP contribution >= 0.6 is 0 Å². The fraction of sp³-hybridized carbons (Fsp3) is 0.750. The number of aliphatic hydroxyl groups is 1. The second kappa shape index (κ2) is 5.16. The van der Waals surface area contributed by atoms with E-state index in [1.165, 1.54) is 10.9 Å². The van der Waals surface area contributed by atoms with Crippen molar-refractivity contribution in [2.24, 2.45) is 13.0 Å². The summed E-state index contributed by atoms with van der Waals surface area (Å²) >= 11 is 0. The van der Waals surface area contributed by atoms with Gasteiger partial charge in [-0.2, -0.15) is 0 Å². The number of hydrogen-bond donors (Lipinski definition) is 2. The highest BCUT2D eigenvalue weighted by Crippen LogP contribution is 2.32. The van der Waals surface area contributed by atoms with Gasteiger partial charge >= 0.3 is 5.69 Å². The Morgan fingerprint density at radius 3 is 2.84 bits per heavy atom. The van der Waals surface area contributed by atoms with Gasteiger partial charge in [-0.25, -0.2) is 0 Å². The minimum atomic E-state index is -0.780. The third-order valence-electron chi connectivity index (χ3n) is 3.80. The summed E-state index contributed by atoms with van der Waals surface area (Å²) in [5.74, 6) is 0.865. The van der Waals surface area contributed by atoms with Crippen LogP contribution in [0.4, 0.5) is 11.5 Å². The van der Waals surface area contributed by atoms with E-state index in [0.29, 0.717) is 12.5 Å². The standard InChI is InChI=1S/C12H20N4O3/c1-9-3-5-12(17,6-4-9)8-13-11-10(16(18)19)7-15(2)14-11/h7,9,17H,3-6,8H2,1-2H3,(H,13,14). The van der Waals surface area contributed by atoms with Crippen LogP contribution in [0.2, 0.25) is 0 Å². The molecule has 0 aromatic carbocycles. The molecule has 7 heteroatoms. The smallest absolute Gasteiger partial charge is 0.330 e. The second-order valence-corrected chi connectivity index (χ2v) is 5.55. The molecular formula is C12H20N4O3. The molecule has 0 amide bonds. The molecule has 7 nitrogen and oxygen atoms in total. The number of nitrogens with zero attached hydrogens (tertiary/aromatic N) is 3. The normalized spacial score (nSPS) is 27.2. The van der Waals surface area contributed by atoms with Gasteiger partial charge in [0.15, 0.2) is 0 Å². The summed E-state index contributed by atoms with van der Waals surface area (Å²) in [6.07, 6.45) is 4.78. The van der Waals surface area contributed by atoms with Crippen LogP contribution in [0.25, 0.3) is 0 Å². The van der Waals surface area contributed by atoms with E-state index in [-0.39, 0.29) is 11.5 Å². The maximum absolute atomic E-state index is 10.9. The summed E-state index contributed by atoms with van der Waals surface area (Å²) in [5, 5.41) is 28.2. The van der Waals surface area contributed by atoms with Gasteiger partial charge in [0, 0.05) is 13.6 Å². The third kappa shape index (κ3) is 3.23. The Hall–Kier alpha value is -1.63. The molecule has 0 bridgehead atoms. The lowest BCUT2D eigenvalue weighted by molar-refractivity contribution is -0.384. The average Bonchev–Trinajstić information content (AvgIpc) is 2.73. The van der Waals surface area contributed by atoms with Crippen molar-refractivity contribution in [2.75, 3.05) is 11.9 Å². The lowest BCUT2D eigenvalue weighted by Crippen LogP contribution is -2.40. The van der Waals surface area contributed by atoms with Crippen molar-refractivity contribution < 1.29 is 10.0 Å². The Morgan fingerprint density at radius 2 is 2.26 bits per heavy atom. The molecule has 0 radical (unpaired) electrons. The van der Waals surface area contributed by atoms with E-state index < -0.39 is 10.5 Å². The molecule has 0 aliphatic heterocycles.